The quantitative estimate of drug-likeness (QED) is 0.926. The molecule has 2 aromatic rings. The smallest absolute Gasteiger partial charge is 0.129 e. The summed E-state index contributed by atoms with van der Waals surface area (Å²) in [6, 6.07) is 3.66. The van der Waals surface area contributed by atoms with Crippen LogP contribution in [0.15, 0.2) is 18.2 Å². The van der Waals surface area contributed by atoms with Crippen molar-refractivity contribution in [1.29, 1.82) is 0 Å². The summed E-state index contributed by atoms with van der Waals surface area (Å²) in [5.74, 6) is -1.07. The molecule has 0 amide bonds. The number of thiazole rings is 1. The molecule has 2 rings (SSSR count). The average Bonchev–Trinajstić information content (AvgIpc) is 2.64. The van der Waals surface area contributed by atoms with Gasteiger partial charge in [-0.3, -0.25) is 0 Å². The van der Waals surface area contributed by atoms with Gasteiger partial charge in [0.15, 0.2) is 0 Å². The monoisotopic (exact) mass is 268 g/mol. The molecule has 0 saturated carbocycles. The predicted molar refractivity (Wildman–Crippen MR) is 68.8 cm³/mol. The van der Waals surface area contributed by atoms with Gasteiger partial charge in [0.05, 0.1) is 10.7 Å². The highest BCUT2D eigenvalue weighted by Crippen LogP contribution is 2.23. The minimum absolute atomic E-state index is 0.445. The topological polar surface area (TPSA) is 38.9 Å². The number of benzene rings is 1. The molecule has 2 nitrogen and oxygen atoms in total. The molecule has 18 heavy (non-hydrogen) atoms. The summed E-state index contributed by atoms with van der Waals surface area (Å²) < 4.78 is 26.4. The first kappa shape index (κ1) is 13.1. The van der Waals surface area contributed by atoms with Gasteiger partial charge >= 0.3 is 0 Å². The van der Waals surface area contributed by atoms with Gasteiger partial charge in [-0.05, 0) is 25.1 Å². The highest BCUT2D eigenvalue weighted by atomic mass is 32.1. The molecular weight excluding hydrogens is 254 g/mol. The fourth-order valence-electron chi connectivity index (χ4n) is 1.72. The standard InChI is InChI=1S/C13H14F2N2S/c1-8-12(18-13(17-8)4-5-16)6-9-2-3-10(14)7-11(9)15/h2-3,7H,4-6,16H2,1H3. The van der Waals surface area contributed by atoms with E-state index in [0.29, 0.717) is 18.5 Å². The molecule has 0 aliphatic carbocycles. The highest BCUT2D eigenvalue weighted by Gasteiger charge is 2.11. The van der Waals surface area contributed by atoms with Crippen molar-refractivity contribution in [2.75, 3.05) is 6.54 Å². The largest absolute Gasteiger partial charge is 0.330 e. The molecule has 0 spiro atoms. The minimum Gasteiger partial charge on any atom is -0.330 e. The summed E-state index contributed by atoms with van der Waals surface area (Å²) in [7, 11) is 0. The first-order valence-corrected chi connectivity index (χ1v) is 6.51. The zero-order valence-corrected chi connectivity index (χ0v) is 10.9. The lowest BCUT2D eigenvalue weighted by Gasteiger charge is -2.01. The van der Waals surface area contributed by atoms with Crippen molar-refractivity contribution in [2.45, 2.75) is 19.8 Å². The molecule has 0 aliphatic heterocycles. The van der Waals surface area contributed by atoms with Crippen LogP contribution in [-0.4, -0.2) is 11.5 Å². The molecule has 2 N–H and O–H groups in total. The summed E-state index contributed by atoms with van der Waals surface area (Å²) in [6.45, 7) is 2.45. The molecule has 1 aromatic heterocycles. The number of halogens is 2. The number of hydrogen-bond donors (Lipinski definition) is 1. The molecule has 0 saturated heterocycles. The maximum atomic E-state index is 13.5. The number of aryl methyl sites for hydroxylation is 1. The van der Waals surface area contributed by atoms with E-state index in [4.69, 9.17) is 5.73 Å². The van der Waals surface area contributed by atoms with Gasteiger partial charge in [-0.25, -0.2) is 13.8 Å². The second-order valence-corrected chi connectivity index (χ2v) is 5.24. The normalized spacial score (nSPS) is 10.9. The van der Waals surface area contributed by atoms with Crippen LogP contribution in [0.1, 0.15) is 21.1 Å². The van der Waals surface area contributed by atoms with E-state index in [2.05, 4.69) is 4.98 Å². The Balaban J connectivity index is 2.22. The van der Waals surface area contributed by atoms with Crippen molar-refractivity contribution < 1.29 is 8.78 Å². The first-order valence-electron chi connectivity index (χ1n) is 5.69. The van der Waals surface area contributed by atoms with E-state index in [1.807, 2.05) is 6.92 Å². The minimum atomic E-state index is -0.555. The van der Waals surface area contributed by atoms with Gasteiger partial charge < -0.3 is 5.73 Å². The average molecular weight is 268 g/mol. The Hall–Kier alpha value is -1.33. The Bertz CT molecular complexity index is 552. The van der Waals surface area contributed by atoms with Crippen LogP contribution in [0, 0.1) is 18.6 Å². The molecular formula is C13H14F2N2S. The van der Waals surface area contributed by atoms with Crippen LogP contribution in [-0.2, 0) is 12.8 Å². The summed E-state index contributed by atoms with van der Waals surface area (Å²) in [5.41, 5.74) is 6.86. The molecule has 5 heteroatoms. The summed E-state index contributed by atoms with van der Waals surface area (Å²) >= 11 is 1.54. The van der Waals surface area contributed by atoms with Gasteiger partial charge in [-0.1, -0.05) is 6.07 Å². The fraction of sp³-hybridized carbons (Fsp3) is 0.308. The Morgan fingerprint density at radius 3 is 2.78 bits per heavy atom. The fourth-order valence-corrected chi connectivity index (χ4v) is 2.83. The third kappa shape index (κ3) is 2.91. The van der Waals surface area contributed by atoms with E-state index in [1.165, 1.54) is 12.1 Å². The number of aromatic nitrogens is 1. The molecule has 0 atom stereocenters. The van der Waals surface area contributed by atoms with Crippen molar-refractivity contribution in [3.63, 3.8) is 0 Å². The lowest BCUT2D eigenvalue weighted by atomic mass is 10.1. The lowest BCUT2D eigenvalue weighted by Crippen LogP contribution is -2.01. The Morgan fingerprint density at radius 1 is 1.33 bits per heavy atom. The van der Waals surface area contributed by atoms with E-state index in [1.54, 1.807) is 11.3 Å². The third-order valence-corrected chi connectivity index (χ3v) is 3.88. The molecule has 96 valence electrons. The molecule has 1 aromatic carbocycles. The summed E-state index contributed by atoms with van der Waals surface area (Å²) in [4.78, 5) is 5.39. The first-order chi connectivity index (χ1) is 8.60. The Kier molecular flexibility index (Phi) is 4.04. The van der Waals surface area contributed by atoms with Crippen molar-refractivity contribution >= 4 is 11.3 Å². The molecule has 0 aliphatic rings. The second kappa shape index (κ2) is 5.54. The van der Waals surface area contributed by atoms with Gasteiger partial charge in [-0.2, -0.15) is 0 Å². The summed E-state index contributed by atoms with van der Waals surface area (Å²) in [5, 5.41) is 0.965. The van der Waals surface area contributed by atoms with E-state index >= 15 is 0 Å². The molecule has 0 bridgehead atoms. The van der Waals surface area contributed by atoms with Gasteiger partial charge in [0.1, 0.15) is 11.6 Å². The van der Waals surface area contributed by atoms with Crippen LogP contribution in [0.4, 0.5) is 8.78 Å². The van der Waals surface area contributed by atoms with E-state index < -0.39 is 11.6 Å². The molecule has 1 heterocycles. The summed E-state index contributed by atoms with van der Waals surface area (Å²) in [6.07, 6.45) is 1.18. The number of nitrogens with zero attached hydrogens (tertiary/aromatic N) is 1. The number of hydrogen-bond acceptors (Lipinski definition) is 3. The van der Waals surface area contributed by atoms with Crippen molar-refractivity contribution in [3.8, 4) is 0 Å². The maximum Gasteiger partial charge on any atom is 0.129 e. The second-order valence-electron chi connectivity index (χ2n) is 4.07. The van der Waals surface area contributed by atoms with Crippen LogP contribution in [0.3, 0.4) is 0 Å². The van der Waals surface area contributed by atoms with E-state index in [0.717, 1.165) is 28.1 Å². The SMILES string of the molecule is Cc1nc(CCN)sc1Cc1ccc(F)cc1F. The van der Waals surface area contributed by atoms with Crippen LogP contribution < -0.4 is 5.73 Å². The van der Waals surface area contributed by atoms with Crippen molar-refractivity contribution in [2.24, 2.45) is 5.73 Å². The van der Waals surface area contributed by atoms with Gasteiger partial charge in [-0.15, -0.1) is 11.3 Å². The third-order valence-electron chi connectivity index (χ3n) is 2.66. The van der Waals surface area contributed by atoms with Gasteiger partial charge in [0.25, 0.3) is 0 Å². The van der Waals surface area contributed by atoms with E-state index in [-0.39, 0.29) is 0 Å². The maximum absolute atomic E-state index is 13.5. The predicted octanol–water partition coefficient (Wildman–Crippen LogP) is 2.82. The molecule has 0 unspecified atom stereocenters. The zero-order chi connectivity index (χ0) is 13.1. The van der Waals surface area contributed by atoms with Crippen molar-refractivity contribution in [3.05, 3.63) is 51.0 Å². The Labute approximate surface area is 108 Å². The highest BCUT2D eigenvalue weighted by molar-refractivity contribution is 7.11. The Morgan fingerprint density at radius 2 is 2.11 bits per heavy atom. The molecule has 0 fully saturated rings. The van der Waals surface area contributed by atoms with Crippen LogP contribution in [0.5, 0.6) is 0 Å². The number of rotatable bonds is 4. The van der Waals surface area contributed by atoms with Crippen LogP contribution in [0.25, 0.3) is 0 Å². The van der Waals surface area contributed by atoms with Gasteiger partial charge in [0.2, 0.25) is 0 Å². The van der Waals surface area contributed by atoms with Crippen LogP contribution in [0.2, 0.25) is 0 Å². The van der Waals surface area contributed by atoms with E-state index in [9.17, 15) is 8.78 Å². The zero-order valence-electron chi connectivity index (χ0n) is 10.0. The van der Waals surface area contributed by atoms with Crippen molar-refractivity contribution in [1.82, 2.24) is 4.98 Å². The number of nitrogens with two attached hydrogens (primary N) is 1. The van der Waals surface area contributed by atoms with Crippen LogP contribution >= 0.6 is 11.3 Å². The lowest BCUT2D eigenvalue weighted by molar-refractivity contribution is 0.575. The molecule has 0 radical (unpaired) electrons. The van der Waals surface area contributed by atoms with Gasteiger partial charge in [0, 0.05) is 23.8 Å².